The third-order valence-electron chi connectivity index (χ3n) is 10.1. The van der Waals surface area contributed by atoms with Gasteiger partial charge in [0, 0.05) is 36.1 Å². The van der Waals surface area contributed by atoms with E-state index >= 15 is 0 Å². The first kappa shape index (κ1) is 52.7. The maximum Gasteiger partial charge on any atom is 0.345 e. The number of aliphatic carboxylic acids is 2. The number of benzene rings is 6. The van der Waals surface area contributed by atoms with E-state index in [1.54, 1.807) is 0 Å². The Balaban J connectivity index is 0.000000267. The van der Waals surface area contributed by atoms with E-state index < -0.39 is 70.6 Å². The zero-order valence-electron chi connectivity index (χ0n) is 37.1. The smallest absolute Gasteiger partial charge is 0.345 e. The van der Waals surface area contributed by atoms with Crippen LogP contribution in [0.15, 0.2) is 109 Å². The molecule has 6 aromatic carbocycles. The van der Waals surface area contributed by atoms with Crippen molar-refractivity contribution in [3.63, 3.8) is 0 Å². The van der Waals surface area contributed by atoms with Gasteiger partial charge in [0.2, 0.25) is 12.2 Å². The summed E-state index contributed by atoms with van der Waals surface area (Å²) in [7, 11) is 0. The van der Waals surface area contributed by atoms with Gasteiger partial charge in [-0.2, -0.15) is 0 Å². The Labute approximate surface area is 407 Å². The van der Waals surface area contributed by atoms with E-state index in [0.29, 0.717) is 22.3 Å². The van der Waals surface area contributed by atoms with Gasteiger partial charge in [-0.1, -0.05) is 48.6 Å². The first-order valence-electron chi connectivity index (χ1n) is 20.8. The van der Waals surface area contributed by atoms with Crippen LogP contribution in [0.5, 0.6) is 69.0 Å². The topological polar surface area (TPSA) is 370 Å². The lowest BCUT2D eigenvalue weighted by Crippen LogP contribution is -2.28. The average molecular weight is 989 g/mol. The number of ether oxygens (including phenoxy) is 2. The zero-order chi connectivity index (χ0) is 52.8. The van der Waals surface area contributed by atoms with Gasteiger partial charge in [0.05, 0.1) is 0 Å². The SMILES string of the molecule is O=C(/C=C/c1ccc(O)c(O)c1/C=C/c1ccc(O)c(O)c1)OC(Cc1ccc(O)c(O)c1)C(=O)O.O=C(/C=C/c1ccc(O)c(O)c1/C=C/c1ccc(O)c(O)c1)OC(Cc1ccc(O)c(O)c1)C(=O)O. The maximum atomic E-state index is 12.3. The van der Waals surface area contributed by atoms with E-state index in [2.05, 4.69) is 0 Å². The van der Waals surface area contributed by atoms with Crippen LogP contribution in [0, 0.1) is 0 Å². The zero-order valence-corrected chi connectivity index (χ0v) is 37.1. The molecule has 14 N–H and O–H groups in total. The number of hydrogen-bond acceptors (Lipinski definition) is 18. The highest BCUT2D eigenvalue weighted by Crippen LogP contribution is 2.36. The van der Waals surface area contributed by atoms with Crippen molar-refractivity contribution in [3.05, 3.63) is 154 Å². The van der Waals surface area contributed by atoms with Crippen LogP contribution in [-0.2, 0) is 41.5 Å². The molecule has 20 heteroatoms. The molecule has 0 aliphatic carbocycles. The number of aromatic hydroxyl groups is 12. The Morgan fingerprint density at radius 2 is 0.694 bits per heavy atom. The van der Waals surface area contributed by atoms with Gasteiger partial charge in [0.1, 0.15) is 0 Å². The third kappa shape index (κ3) is 14.4. The number of carboxylic acid groups (broad SMARTS) is 2. The number of phenols is 12. The van der Waals surface area contributed by atoms with E-state index in [0.717, 1.165) is 24.3 Å². The molecule has 0 saturated carbocycles. The molecule has 2 atom stereocenters. The molecule has 0 aliphatic rings. The Morgan fingerprint density at radius 3 is 1.01 bits per heavy atom. The maximum absolute atomic E-state index is 12.3. The first-order valence-corrected chi connectivity index (χ1v) is 20.8. The van der Waals surface area contributed by atoms with Crippen molar-refractivity contribution < 1.29 is 100 Å². The molecule has 0 heterocycles. The number of rotatable bonds is 16. The predicted octanol–water partition coefficient (Wildman–Crippen LogP) is 6.69. The van der Waals surface area contributed by atoms with E-state index in [4.69, 9.17) is 9.47 Å². The van der Waals surface area contributed by atoms with E-state index in [-0.39, 0.29) is 69.6 Å². The van der Waals surface area contributed by atoms with Crippen LogP contribution in [0.2, 0.25) is 0 Å². The molecule has 2 unspecified atom stereocenters. The average Bonchev–Trinajstić information content (AvgIpc) is 3.33. The minimum Gasteiger partial charge on any atom is -0.504 e. The quantitative estimate of drug-likeness (QED) is 0.0208. The molecule has 6 aromatic rings. The van der Waals surface area contributed by atoms with E-state index in [9.17, 15) is 90.7 Å². The predicted molar refractivity (Wildman–Crippen MR) is 257 cm³/mol. The van der Waals surface area contributed by atoms with Gasteiger partial charge in [-0.3, -0.25) is 0 Å². The normalized spacial score (nSPS) is 12.1. The summed E-state index contributed by atoms with van der Waals surface area (Å²) in [6, 6.07) is 20.7. The highest BCUT2D eigenvalue weighted by Gasteiger charge is 2.24. The lowest BCUT2D eigenvalue weighted by Gasteiger charge is -2.13. The molecule has 20 nitrogen and oxygen atoms in total. The fourth-order valence-corrected chi connectivity index (χ4v) is 6.37. The van der Waals surface area contributed by atoms with Gasteiger partial charge in [0.15, 0.2) is 69.0 Å². The molecule has 6 rings (SSSR count). The largest absolute Gasteiger partial charge is 0.504 e. The van der Waals surface area contributed by atoms with Gasteiger partial charge in [-0.25, -0.2) is 19.2 Å². The fourth-order valence-electron chi connectivity index (χ4n) is 6.37. The summed E-state index contributed by atoms with van der Waals surface area (Å²) in [6.45, 7) is 0. The van der Waals surface area contributed by atoms with Crippen molar-refractivity contribution in [2.24, 2.45) is 0 Å². The second-order valence-corrected chi connectivity index (χ2v) is 15.3. The van der Waals surface area contributed by atoms with Gasteiger partial charge >= 0.3 is 23.9 Å². The summed E-state index contributed by atoms with van der Waals surface area (Å²) < 4.78 is 10.0. The summed E-state index contributed by atoms with van der Waals surface area (Å²) in [4.78, 5) is 47.7. The van der Waals surface area contributed by atoms with Crippen LogP contribution >= 0.6 is 0 Å². The van der Waals surface area contributed by atoms with Crippen molar-refractivity contribution in [1.82, 2.24) is 0 Å². The molecule has 0 amide bonds. The molecule has 372 valence electrons. The lowest BCUT2D eigenvalue weighted by atomic mass is 10.0. The fraction of sp³-hybridized carbons (Fsp3) is 0.0769. The van der Waals surface area contributed by atoms with Crippen LogP contribution in [0.1, 0.15) is 44.5 Å². The third-order valence-corrected chi connectivity index (χ3v) is 10.1. The number of hydrogen-bond donors (Lipinski definition) is 14. The highest BCUT2D eigenvalue weighted by atomic mass is 16.6. The van der Waals surface area contributed by atoms with Crippen molar-refractivity contribution >= 4 is 60.3 Å². The van der Waals surface area contributed by atoms with Gasteiger partial charge in [0.25, 0.3) is 0 Å². The summed E-state index contributed by atoms with van der Waals surface area (Å²) in [6.07, 6.45) is 6.47. The summed E-state index contributed by atoms with van der Waals surface area (Å²) in [5, 5.41) is 135. The number of carbonyl (C=O) groups is 4. The van der Waals surface area contributed by atoms with Gasteiger partial charge in [-0.05, 0) is 118 Å². The summed E-state index contributed by atoms with van der Waals surface area (Å²) in [5.74, 6) is -9.65. The number of esters is 2. The molecule has 0 spiro atoms. The van der Waals surface area contributed by atoms with Crippen molar-refractivity contribution in [2.45, 2.75) is 25.0 Å². The van der Waals surface area contributed by atoms with E-state index in [1.165, 1.54) is 121 Å². The van der Waals surface area contributed by atoms with Crippen molar-refractivity contribution in [1.29, 1.82) is 0 Å². The van der Waals surface area contributed by atoms with Crippen molar-refractivity contribution in [2.75, 3.05) is 0 Å². The Morgan fingerprint density at radius 1 is 0.375 bits per heavy atom. The summed E-state index contributed by atoms with van der Waals surface area (Å²) in [5.41, 5.74) is 2.32. The second kappa shape index (κ2) is 23.7. The number of carbonyl (C=O) groups excluding carboxylic acids is 2. The van der Waals surface area contributed by atoms with Crippen LogP contribution in [0.25, 0.3) is 36.5 Å². The van der Waals surface area contributed by atoms with Crippen LogP contribution < -0.4 is 0 Å². The number of phenolic OH excluding ortho intramolecular Hbond substituents is 12. The molecule has 0 aromatic heterocycles. The molecule has 0 radical (unpaired) electrons. The Bertz CT molecular complexity index is 2920. The van der Waals surface area contributed by atoms with Crippen LogP contribution in [-0.4, -0.2) is 108 Å². The summed E-state index contributed by atoms with van der Waals surface area (Å²) >= 11 is 0. The molecule has 0 fully saturated rings. The monoisotopic (exact) mass is 988 g/mol. The Kier molecular flexibility index (Phi) is 17.3. The minimum absolute atomic E-state index is 0.112. The van der Waals surface area contributed by atoms with Crippen LogP contribution in [0.4, 0.5) is 0 Å². The molecule has 0 saturated heterocycles. The standard InChI is InChI=1S/2C26H22O10/c2*27-18-7-2-14(11-21(18)30)1-6-17-16(4-9-20(29)25(17)33)5-10-24(32)36-23(26(34)35)13-15-3-8-19(28)22(31)12-15/h2*1-12,23,27-31,33H,13H2,(H,34,35)/b2*6-1+,10-5+. The first-order chi connectivity index (χ1) is 34.1. The lowest BCUT2D eigenvalue weighted by molar-refractivity contribution is -0.160. The van der Waals surface area contributed by atoms with Crippen LogP contribution in [0.3, 0.4) is 0 Å². The molecule has 0 aliphatic heterocycles. The highest BCUT2D eigenvalue weighted by molar-refractivity contribution is 5.92. The minimum atomic E-state index is -1.58. The van der Waals surface area contributed by atoms with E-state index in [1.807, 2.05) is 0 Å². The van der Waals surface area contributed by atoms with Gasteiger partial charge in [-0.15, -0.1) is 0 Å². The Hall–Kier alpha value is -10.2. The van der Waals surface area contributed by atoms with Crippen molar-refractivity contribution in [3.8, 4) is 69.0 Å². The molecule has 0 bridgehead atoms. The molecular weight excluding hydrogens is 945 g/mol. The number of carboxylic acids is 2. The van der Waals surface area contributed by atoms with Gasteiger partial charge < -0.3 is 81.0 Å². The second-order valence-electron chi connectivity index (χ2n) is 15.3. The molecule has 72 heavy (non-hydrogen) atoms. The molecular formula is C52H44O20.